The van der Waals surface area contributed by atoms with Crippen molar-refractivity contribution in [3.63, 3.8) is 0 Å². The van der Waals surface area contributed by atoms with Gasteiger partial charge in [-0.1, -0.05) is 38.5 Å². The van der Waals surface area contributed by atoms with E-state index in [1.54, 1.807) is 0 Å². The van der Waals surface area contributed by atoms with E-state index in [1.807, 2.05) is 0 Å². The molecule has 3 nitrogen and oxygen atoms in total. The predicted molar refractivity (Wildman–Crippen MR) is 85.7 cm³/mol. The van der Waals surface area contributed by atoms with Crippen LogP contribution in [0.25, 0.3) is 0 Å². The van der Waals surface area contributed by atoms with Gasteiger partial charge >= 0.3 is 0 Å². The summed E-state index contributed by atoms with van der Waals surface area (Å²) in [5, 5.41) is 3.23. The molecule has 3 heteroatoms. The van der Waals surface area contributed by atoms with E-state index in [9.17, 15) is 4.79 Å². The highest BCUT2D eigenvalue weighted by molar-refractivity contribution is 5.78. The Morgan fingerprint density at radius 2 is 1.62 bits per heavy atom. The summed E-state index contributed by atoms with van der Waals surface area (Å²) in [6, 6.07) is 0.299. The van der Waals surface area contributed by atoms with Crippen LogP contribution < -0.4 is 11.1 Å². The molecule has 0 saturated heterocycles. The van der Waals surface area contributed by atoms with E-state index in [-0.39, 0.29) is 5.92 Å². The number of hydrogen-bond donors (Lipinski definition) is 2. The Labute approximate surface area is 129 Å². The van der Waals surface area contributed by atoms with Gasteiger partial charge in [0.25, 0.3) is 0 Å². The van der Waals surface area contributed by atoms with Crippen molar-refractivity contribution in [3.8, 4) is 0 Å². The second-order valence-electron chi connectivity index (χ2n) is 7.77. The number of hydrogen-bond acceptors (Lipinski definition) is 2. The zero-order valence-electron chi connectivity index (χ0n) is 13.4. The highest BCUT2D eigenvalue weighted by Crippen LogP contribution is 2.42. The second-order valence-corrected chi connectivity index (χ2v) is 7.77. The Hall–Kier alpha value is -0.570. The molecule has 3 saturated carbocycles. The van der Waals surface area contributed by atoms with Crippen LogP contribution in [0.2, 0.25) is 0 Å². The number of rotatable bonds is 3. The molecule has 5 unspecified atom stereocenters. The highest BCUT2D eigenvalue weighted by Gasteiger charge is 2.35. The fourth-order valence-electron chi connectivity index (χ4n) is 4.98. The molecule has 3 aliphatic carbocycles. The summed E-state index contributed by atoms with van der Waals surface area (Å²) < 4.78 is 0. The van der Waals surface area contributed by atoms with E-state index in [4.69, 9.17) is 5.73 Å². The van der Waals surface area contributed by atoms with Gasteiger partial charge < -0.3 is 11.1 Å². The first-order valence-electron chi connectivity index (χ1n) is 9.27. The molecule has 0 bridgehead atoms. The number of carbonyl (C=O) groups is 1. The first-order chi connectivity index (χ1) is 10.2. The molecule has 0 aromatic carbocycles. The van der Waals surface area contributed by atoms with Crippen molar-refractivity contribution in [2.75, 3.05) is 6.54 Å². The molecule has 120 valence electrons. The van der Waals surface area contributed by atoms with E-state index in [0.717, 1.165) is 37.6 Å². The van der Waals surface area contributed by atoms with Crippen LogP contribution in [0.3, 0.4) is 0 Å². The Morgan fingerprint density at radius 1 is 0.905 bits per heavy atom. The lowest BCUT2D eigenvalue weighted by atomic mass is 9.67. The minimum absolute atomic E-state index is 0.282. The van der Waals surface area contributed by atoms with Crippen molar-refractivity contribution in [1.29, 1.82) is 0 Å². The van der Waals surface area contributed by atoms with Gasteiger partial charge in [0, 0.05) is 18.5 Å². The summed E-state index contributed by atoms with van der Waals surface area (Å²) in [6.45, 7) is 0.810. The topological polar surface area (TPSA) is 55.1 Å². The smallest absolute Gasteiger partial charge is 0.223 e. The minimum Gasteiger partial charge on any atom is -0.356 e. The van der Waals surface area contributed by atoms with E-state index < -0.39 is 0 Å². The van der Waals surface area contributed by atoms with Gasteiger partial charge in [0.15, 0.2) is 0 Å². The molecule has 0 aliphatic heterocycles. The lowest BCUT2D eigenvalue weighted by Gasteiger charge is -2.39. The molecule has 0 aromatic heterocycles. The van der Waals surface area contributed by atoms with Gasteiger partial charge in [0.2, 0.25) is 5.91 Å². The van der Waals surface area contributed by atoms with Crippen LogP contribution >= 0.6 is 0 Å². The van der Waals surface area contributed by atoms with Crippen molar-refractivity contribution in [2.24, 2.45) is 29.4 Å². The fraction of sp³-hybridized carbons (Fsp3) is 0.944. The summed E-state index contributed by atoms with van der Waals surface area (Å²) >= 11 is 0. The number of amides is 1. The van der Waals surface area contributed by atoms with Gasteiger partial charge in [0.05, 0.1) is 0 Å². The largest absolute Gasteiger partial charge is 0.356 e. The van der Waals surface area contributed by atoms with Crippen molar-refractivity contribution in [3.05, 3.63) is 0 Å². The molecule has 0 heterocycles. The van der Waals surface area contributed by atoms with Crippen LogP contribution in [0.15, 0.2) is 0 Å². The number of nitrogens with one attached hydrogen (secondary N) is 1. The van der Waals surface area contributed by atoms with Crippen molar-refractivity contribution >= 4 is 5.91 Å². The van der Waals surface area contributed by atoms with Gasteiger partial charge in [-0.05, 0) is 49.9 Å². The first kappa shape index (κ1) is 15.3. The van der Waals surface area contributed by atoms with E-state index in [0.29, 0.717) is 17.9 Å². The number of nitrogens with two attached hydrogens (primary N) is 1. The van der Waals surface area contributed by atoms with Crippen LogP contribution in [-0.4, -0.2) is 18.5 Å². The van der Waals surface area contributed by atoms with E-state index in [1.165, 1.54) is 51.4 Å². The highest BCUT2D eigenvalue weighted by atomic mass is 16.1. The lowest BCUT2D eigenvalue weighted by molar-refractivity contribution is -0.127. The van der Waals surface area contributed by atoms with E-state index >= 15 is 0 Å². The normalized spacial score (nSPS) is 40.3. The molecule has 1 amide bonds. The zero-order valence-corrected chi connectivity index (χ0v) is 13.4. The number of fused-ring (bicyclic) bond motifs is 1. The Morgan fingerprint density at radius 3 is 2.43 bits per heavy atom. The third-order valence-electron chi connectivity index (χ3n) is 6.42. The van der Waals surface area contributed by atoms with Gasteiger partial charge in [-0.3, -0.25) is 4.79 Å². The first-order valence-corrected chi connectivity index (χ1v) is 9.27. The molecule has 3 aliphatic rings. The number of carbonyl (C=O) groups excluding carboxylic acids is 1. The van der Waals surface area contributed by atoms with Crippen LogP contribution in [0, 0.1) is 23.7 Å². The third-order valence-corrected chi connectivity index (χ3v) is 6.42. The van der Waals surface area contributed by atoms with Crippen molar-refractivity contribution < 1.29 is 4.79 Å². The molecule has 3 fully saturated rings. The molecule has 3 rings (SSSR count). The van der Waals surface area contributed by atoms with Crippen molar-refractivity contribution in [1.82, 2.24) is 5.32 Å². The minimum atomic E-state index is 0.282. The molecular weight excluding hydrogens is 260 g/mol. The molecule has 3 N–H and O–H groups in total. The van der Waals surface area contributed by atoms with E-state index in [2.05, 4.69) is 5.32 Å². The maximum atomic E-state index is 12.5. The molecule has 0 aromatic rings. The van der Waals surface area contributed by atoms with Gasteiger partial charge in [-0.25, -0.2) is 0 Å². The van der Waals surface area contributed by atoms with Gasteiger partial charge in [0.1, 0.15) is 0 Å². The molecule has 0 spiro atoms. The molecule has 0 radical (unpaired) electrons. The average molecular weight is 292 g/mol. The monoisotopic (exact) mass is 292 g/mol. The summed E-state index contributed by atoms with van der Waals surface area (Å²) in [5.41, 5.74) is 6.18. The molecule has 5 atom stereocenters. The average Bonchev–Trinajstić information content (AvgIpc) is 2.53. The Bertz CT molecular complexity index is 357. The second kappa shape index (κ2) is 7.13. The maximum absolute atomic E-state index is 12.5. The van der Waals surface area contributed by atoms with Crippen LogP contribution in [0.5, 0.6) is 0 Å². The summed E-state index contributed by atoms with van der Waals surface area (Å²) in [7, 11) is 0. The standard InChI is InChI=1S/C18H32N2O/c19-17-8-4-3-7-16(17)12-20-18(21)15-10-9-13-5-1-2-6-14(13)11-15/h13-17H,1-12,19H2,(H,20,21). The fourth-order valence-corrected chi connectivity index (χ4v) is 4.98. The third kappa shape index (κ3) is 3.80. The van der Waals surface area contributed by atoms with Crippen LogP contribution in [0.4, 0.5) is 0 Å². The Balaban J connectivity index is 1.44. The van der Waals surface area contributed by atoms with Crippen LogP contribution in [0.1, 0.15) is 70.6 Å². The summed E-state index contributed by atoms with van der Waals surface area (Å²) in [4.78, 5) is 12.5. The van der Waals surface area contributed by atoms with Crippen molar-refractivity contribution in [2.45, 2.75) is 76.7 Å². The SMILES string of the molecule is NC1CCCCC1CNC(=O)C1CCC2CCCCC2C1. The van der Waals surface area contributed by atoms with Crippen LogP contribution in [-0.2, 0) is 4.79 Å². The lowest BCUT2D eigenvalue weighted by Crippen LogP contribution is -2.44. The van der Waals surface area contributed by atoms with Gasteiger partial charge in [-0.15, -0.1) is 0 Å². The predicted octanol–water partition coefficient (Wildman–Crippen LogP) is 3.23. The summed E-state index contributed by atoms with van der Waals surface area (Å²) in [6.07, 6.45) is 14.0. The quantitative estimate of drug-likeness (QED) is 0.839. The molecule has 21 heavy (non-hydrogen) atoms. The Kier molecular flexibility index (Phi) is 5.20. The molecular formula is C18H32N2O. The zero-order chi connectivity index (χ0) is 14.7. The maximum Gasteiger partial charge on any atom is 0.223 e. The summed E-state index contributed by atoms with van der Waals surface area (Å²) in [5.74, 6) is 2.87. The van der Waals surface area contributed by atoms with Gasteiger partial charge in [-0.2, -0.15) is 0 Å².